The Bertz CT molecular complexity index is 345. The van der Waals surface area contributed by atoms with Crippen LogP contribution in [0.2, 0.25) is 0 Å². The third-order valence-corrected chi connectivity index (χ3v) is 2.10. The summed E-state index contributed by atoms with van der Waals surface area (Å²) >= 11 is 0. The molecule has 0 radical (unpaired) electrons. The fourth-order valence-electron chi connectivity index (χ4n) is 1.22. The van der Waals surface area contributed by atoms with Gasteiger partial charge in [-0.3, -0.25) is 4.79 Å². The molecule has 0 aromatic heterocycles. The van der Waals surface area contributed by atoms with Gasteiger partial charge in [-0.05, 0) is 18.6 Å². The Morgan fingerprint density at radius 2 is 2.12 bits per heavy atom. The molecule has 4 nitrogen and oxygen atoms in total. The summed E-state index contributed by atoms with van der Waals surface area (Å²) < 4.78 is 5.57. The molecule has 0 saturated carbocycles. The average molecular weight is 259 g/mol. The Morgan fingerprint density at radius 1 is 1.41 bits per heavy atom. The van der Waals surface area contributed by atoms with Crippen LogP contribution in [-0.2, 0) is 4.79 Å². The number of ether oxygens (including phenoxy) is 1. The highest BCUT2D eigenvalue weighted by atomic mass is 35.5. The minimum absolute atomic E-state index is 0. The molecule has 0 atom stereocenters. The fourth-order valence-corrected chi connectivity index (χ4v) is 1.22. The van der Waals surface area contributed by atoms with E-state index in [-0.39, 0.29) is 24.9 Å². The lowest BCUT2D eigenvalue weighted by molar-refractivity contribution is -0.114. The molecule has 0 fully saturated rings. The van der Waals surface area contributed by atoms with Crippen LogP contribution in [0.15, 0.2) is 24.3 Å². The number of nitrogens with one attached hydrogen (secondary N) is 1. The lowest BCUT2D eigenvalue weighted by atomic mass is 10.3. The second-order valence-corrected chi connectivity index (χ2v) is 3.45. The highest BCUT2D eigenvalue weighted by Crippen LogP contribution is 2.23. The summed E-state index contributed by atoms with van der Waals surface area (Å²) in [4.78, 5) is 11.2. The predicted octanol–water partition coefficient (Wildman–Crippen LogP) is 2.18. The van der Waals surface area contributed by atoms with Crippen molar-refractivity contribution in [2.75, 3.05) is 18.5 Å². The first-order valence-electron chi connectivity index (χ1n) is 5.49. The summed E-state index contributed by atoms with van der Waals surface area (Å²) in [6.45, 7) is 2.74. The molecular weight excluding hydrogens is 240 g/mol. The maximum absolute atomic E-state index is 11.2. The third-order valence-electron chi connectivity index (χ3n) is 2.10. The van der Waals surface area contributed by atoms with Gasteiger partial charge in [0.15, 0.2) is 0 Å². The van der Waals surface area contributed by atoms with Crippen LogP contribution in [0.25, 0.3) is 0 Å². The van der Waals surface area contributed by atoms with E-state index in [1.165, 1.54) is 0 Å². The molecule has 5 heteroatoms. The van der Waals surface area contributed by atoms with Gasteiger partial charge in [0.05, 0.1) is 18.8 Å². The van der Waals surface area contributed by atoms with Crippen LogP contribution < -0.4 is 15.8 Å². The van der Waals surface area contributed by atoms with Crippen LogP contribution in [-0.4, -0.2) is 19.1 Å². The number of anilines is 1. The van der Waals surface area contributed by atoms with E-state index in [2.05, 4.69) is 12.2 Å². The number of nitrogens with two attached hydrogens (primary N) is 1. The molecule has 0 spiro atoms. The number of carbonyl (C=O) groups excluding carboxylic acids is 1. The quantitative estimate of drug-likeness (QED) is 0.769. The SMILES string of the molecule is CCCCOc1ccccc1NC(=O)CN.Cl. The molecule has 0 aliphatic heterocycles. The molecule has 0 saturated heterocycles. The summed E-state index contributed by atoms with van der Waals surface area (Å²) in [5.41, 5.74) is 5.91. The lowest BCUT2D eigenvalue weighted by Crippen LogP contribution is -2.22. The Balaban J connectivity index is 0.00000256. The van der Waals surface area contributed by atoms with Crippen LogP contribution in [0, 0.1) is 0 Å². The Kier molecular flexibility index (Phi) is 8.19. The molecule has 1 amide bonds. The van der Waals surface area contributed by atoms with Crippen LogP contribution in [0.3, 0.4) is 0 Å². The van der Waals surface area contributed by atoms with E-state index in [1.54, 1.807) is 6.07 Å². The van der Waals surface area contributed by atoms with Crippen molar-refractivity contribution in [2.24, 2.45) is 5.73 Å². The van der Waals surface area contributed by atoms with Gasteiger partial charge < -0.3 is 15.8 Å². The first-order chi connectivity index (χ1) is 7.77. The van der Waals surface area contributed by atoms with Crippen LogP contribution in [0.4, 0.5) is 5.69 Å². The van der Waals surface area contributed by atoms with E-state index in [0.29, 0.717) is 18.0 Å². The van der Waals surface area contributed by atoms with E-state index >= 15 is 0 Å². The number of rotatable bonds is 6. The first kappa shape index (κ1) is 15.7. The number of hydrogen-bond donors (Lipinski definition) is 2. The highest BCUT2D eigenvalue weighted by Gasteiger charge is 2.05. The number of hydrogen-bond acceptors (Lipinski definition) is 3. The van der Waals surface area contributed by atoms with Gasteiger partial charge in [0.1, 0.15) is 5.75 Å². The van der Waals surface area contributed by atoms with Crippen molar-refractivity contribution in [3.05, 3.63) is 24.3 Å². The van der Waals surface area contributed by atoms with Gasteiger partial charge in [0.25, 0.3) is 0 Å². The molecule has 1 aromatic rings. The van der Waals surface area contributed by atoms with Gasteiger partial charge in [-0.25, -0.2) is 0 Å². The summed E-state index contributed by atoms with van der Waals surface area (Å²) in [5.74, 6) is 0.476. The molecule has 96 valence electrons. The summed E-state index contributed by atoms with van der Waals surface area (Å²) in [5, 5.41) is 2.70. The summed E-state index contributed by atoms with van der Waals surface area (Å²) in [6, 6.07) is 7.36. The monoisotopic (exact) mass is 258 g/mol. The van der Waals surface area contributed by atoms with Crippen molar-refractivity contribution in [3.8, 4) is 5.75 Å². The van der Waals surface area contributed by atoms with Crippen molar-refractivity contribution in [1.82, 2.24) is 0 Å². The molecule has 0 aliphatic carbocycles. The molecule has 1 rings (SSSR count). The van der Waals surface area contributed by atoms with Crippen molar-refractivity contribution >= 4 is 24.0 Å². The van der Waals surface area contributed by atoms with Crippen LogP contribution >= 0.6 is 12.4 Å². The molecular formula is C12H19ClN2O2. The zero-order chi connectivity index (χ0) is 11.8. The van der Waals surface area contributed by atoms with Crippen molar-refractivity contribution in [2.45, 2.75) is 19.8 Å². The molecule has 17 heavy (non-hydrogen) atoms. The van der Waals surface area contributed by atoms with Gasteiger partial charge in [0, 0.05) is 0 Å². The largest absolute Gasteiger partial charge is 0.491 e. The fraction of sp³-hybridized carbons (Fsp3) is 0.417. The summed E-state index contributed by atoms with van der Waals surface area (Å²) in [7, 11) is 0. The van der Waals surface area contributed by atoms with Gasteiger partial charge in [-0.15, -0.1) is 12.4 Å². The Hall–Kier alpha value is -1.26. The number of unbranched alkanes of at least 4 members (excludes halogenated alkanes) is 1. The molecule has 1 aromatic carbocycles. The average Bonchev–Trinajstić information content (AvgIpc) is 2.31. The highest BCUT2D eigenvalue weighted by molar-refractivity contribution is 5.93. The zero-order valence-electron chi connectivity index (χ0n) is 9.94. The van der Waals surface area contributed by atoms with E-state index in [9.17, 15) is 4.79 Å². The van der Waals surface area contributed by atoms with Gasteiger partial charge >= 0.3 is 0 Å². The molecule has 0 unspecified atom stereocenters. The normalized spacial score (nSPS) is 9.29. The standard InChI is InChI=1S/C12H18N2O2.ClH/c1-2-3-8-16-11-7-5-4-6-10(11)14-12(15)9-13;/h4-7H,2-3,8-9,13H2,1H3,(H,14,15);1H. The number of benzene rings is 1. The number of halogens is 1. The number of carbonyl (C=O) groups is 1. The van der Waals surface area contributed by atoms with E-state index in [4.69, 9.17) is 10.5 Å². The third kappa shape index (κ3) is 5.56. The second kappa shape index (κ2) is 8.84. The molecule has 0 bridgehead atoms. The van der Waals surface area contributed by atoms with E-state index < -0.39 is 0 Å². The molecule has 3 N–H and O–H groups in total. The number of para-hydroxylation sites is 2. The van der Waals surface area contributed by atoms with E-state index in [0.717, 1.165) is 12.8 Å². The minimum atomic E-state index is -0.216. The predicted molar refractivity (Wildman–Crippen MR) is 71.8 cm³/mol. The second-order valence-electron chi connectivity index (χ2n) is 3.45. The first-order valence-corrected chi connectivity index (χ1v) is 5.49. The van der Waals surface area contributed by atoms with E-state index in [1.807, 2.05) is 18.2 Å². The van der Waals surface area contributed by atoms with Crippen LogP contribution in [0.1, 0.15) is 19.8 Å². The van der Waals surface area contributed by atoms with Crippen LogP contribution in [0.5, 0.6) is 5.75 Å². The van der Waals surface area contributed by atoms with Crippen molar-refractivity contribution in [3.63, 3.8) is 0 Å². The maximum Gasteiger partial charge on any atom is 0.238 e. The van der Waals surface area contributed by atoms with Crippen molar-refractivity contribution < 1.29 is 9.53 Å². The smallest absolute Gasteiger partial charge is 0.238 e. The summed E-state index contributed by atoms with van der Waals surface area (Å²) in [6.07, 6.45) is 2.08. The van der Waals surface area contributed by atoms with Gasteiger partial charge in [-0.1, -0.05) is 25.5 Å². The minimum Gasteiger partial charge on any atom is -0.491 e. The Morgan fingerprint density at radius 3 is 2.76 bits per heavy atom. The molecule has 0 aliphatic rings. The molecule has 0 heterocycles. The topological polar surface area (TPSA) is 64.3 Å². The number of amides is 1. The lowest BCUT2D eigenvalue weighted by Gasteiger charge is -2.11. The van der Waals surface area contributed by atoms with Crippen molar-refractivity contribution in [1.29, 1.82) is 0 Å². The zero-order valence-corrected chi connectivity index (χ0v) is 10.8. The van der Waals surface area contributed by atoms with Gasteiger partial charge in [-0.2, -0.15) is 0 Å². The van der Waals surface area contributed by atoms with Gasteiger partial charge in [0.2, 0.25) is 5.91 Å². The maximum atomic E-state index is 11.2. The Labute approximate surface area is 108 Å².